The summed E-state index contributed by atoms with van der Waals surface area (Å²) in [6.45, 7) is 8.44. The predicted molar refractivity (Wildman–Crippen MR) is 78.2 cm³/mol. The third-order valence-electron chi connectivity index (χ3n) is 2.94. The first-order valence-corrected chi connectivity index (χ1v) is 6.49. The van der Waals surface area contributed by atoms with Crippen LogP contribution in [0.3, 0.4) is 0 Å². The normalized spacial score (nSPS) is 11.6. The van der Waals surface area contributed by atoms with Crippen LogP contribution in [-0.4, -0.2) is 16.6 Å². The summed E-state index contributed by atoms with van der Waals surface area (Å²) in [5.74, 6) is 0. The van der Waals surface area contributed by atoms with Crippen molar-refractivity contribution in [3.63, 3.8) is 0 Å². The van der Waals surface area contributed by atoms with Gasteiger partial charge in [0.25, 0.3) is 0 Å². The van der Waals surface area contributed by atoms with Crippen LogP contribution in [0.25, 0.3) is 10.9 Å². The van der Waals surface area contributed by atoms with Gasteiger partial charge in [0.15, 0.2) is 0 Å². The number of aromatic amines is 1. The fourth-order valence-corrected chi connectivity index (χ4v) is 2.12. The van der Waals surface area contributed by atoms with E-state index in [0.717, 1.165) is 22.2 Å². The number of urea groups is 1. The van der Waals surface area contributed by atoms with Gasteiger partial charge in [0.05, 0.1) is 0 Å². The Morgan fingerprint density at radius 3 is 2.63 bits per heavy atom. The molecule has 0 atom stereocenters. The maximum absolute atomic E-state index is 11.8. The van der Waals surface area contributed by atoms with Crippen molar-refractivity contribution in [3.8, 4) is 0 Å². The molecule has 0 aliphatic carbocycles. The van der Waals surface area contributed by atoms with Crippen molar-refractivity contribution in [2.24, 2.45) is 0 Å². The summed E-state index contributed by atoms with van der Waals surface area (Å²) in [6.07, 6.45) is 0. The highest BCUT2D eigenvalue weighted by atomic mass is 16.2. The fraction of sp³-hybridized carbons (Fsp3) is 0.400. The minimum atomic E-state index is -0.223. The molecule has 2 rings (SSSR count). The van der Waals surface area contributed by atoms with Crippen molar-refractivity contribution < 1.29 is 4.79 Å². The lowest BCUT2D eigenvalue weighted by molar-refractivity contribution is 0.231. The lowest BCUT2D eigenvalue weighted by atomic mass is 10.1. The Kier molecular flexibility index (Phi) is 3.51. The number of amides is 2. The van der Waals surface area contributed by atoms with E-state index in [-0.39, 0.29) is 11.6 Å². The van der Waals surface area contributed by atoms with Crippen molar-refractivity contribution in [1.82, 2.24) is 15.6 Å². The Morgan fingerprint density at radius 2 is 1.95 bits per heavy atom. The number of fused-ring (bicyclic) bond motifs is 1. The molecule has 0 radical (unpaired) electrons. The van der Waals surface area contributed by atoms with Gasteiger partial charge in [-0.05, 0) is 39.3 Å². The minimum Gasteiger partial charge on any atom is -0.358 e. The number of H-pyrrole nitrogens is 1. The van der Waals surface area contributed by atoms with Gasteiger partial charge in [-0.3, -0.25) is 0 Å². The number of hydrogen-bond acceptors (Lipinski definition) is 1. The molecule has 0 aliphatic heterocycles. The third-order valence-corrected chi connectivity index (χ3v) is 2.94. The minimum absolute atomic E-state index is 0.141. The van der Waals surface area contributed by atoms with Crippen LogP contribution in [0.1, 0.15) is 32.0 Å². The van der Waals surface area contributed by atoms with E-state index in [4.69, 9.17) is 0 Å². The summed E-state index contributed by atoms with van der Waals surface area (Å²) >= 11 is 0. The second-order valence-electron chi connectivity index (χ2n) is 5.83. The van der Waals surface area contributed by atoms with Crippen LogP contribution in [-0.2, 0) is 6.54 Å². The number of carbonyl (C=O) groups is 1. The molecule has 0 bridgehead atoms. The smallest absolute Gasteiger partial charge is 0.315 e. The summed E-state index contributed by atoms with van der Waals surface area (Å²) in [5, 5.41) is 6.96. The maximum Gasteiger partial charge on any atom is 0.315 e. The molecule has 0 saturated heterocycles. The van der Waals surface area contributed by atoms with E-state index in [2.05, 4.69) is 21.7 Å². The summed E-state index contributed by atoms with van der Waals surface area (Å²) < 4.78 is 0. The van der Waals surface area contributed by atoms with E-state index in [1.165, 1.54) is 0 Å². The van der Waals surface area contributed by atoms with Crippen LogP contribution >= 0.6 is 0 Å². The van der Waals surface area contributed by atoms with Crippen molar-refractivity contribution in [3.05, 3.63) is 35.5 Å². The lowest BCUT2D eigenvalue weighted by Gasteiger charge is -2.20. The monoisotopic (exact) mass is 259 g/mol. The number of para-hydroxylation sites is 1. The van der Waals surface area contributed by atoms with Gasteiger partial charge in [0.1, 0.15) is 0 Å². The molecule has 0 saturated carbocycles. The first kappa shape index (κ1) is 13.5. The van der Waals surface area contributed by atoms with Gasteiger partial charge in [-0.2, -0.15) is 0 Å². The van der Waals surface area contributed by atoms with E-state index in [1.54, 1.807) is 0 Å². The highest BCUT2D eigenvalue weighted by Crippen LogP contribution is 2.21. The topological polar surface area (TPSA) is 56.9 Å². The van der Waals surface area contributed by atoms with E-state index in [1.807, 2.05) is 45.9 Å². The molecular formula is C15H21N3O. The molecule has 0 spiro atoms. The van der Waals surface area contributed by atoms with Gasteiger partial charge >= 0.3 is 6.03 Å². The van der Waals surface area contributed by atoms with Gasteiger partial charge < -0.3 is 15.6 Å². The number of carbonyl (C=O) groups excluding carboxylic acids is 1. The van der Waals surface area contributed by atoms with E-state index in [0.29, 0.717) is 6.54 Å². The number of nitrogens with one attached hydrogen (secondary N) is 3. The standard InChI is InChI=1S/C15H21N3O/c1-10-12(9-16-14(19)18-15(2,3)4)11-7-5-6-8-13(11)17-10/h5-8,17H,9H2,1-4H3,(H2,16,18,19). The van der Waals surface area contributed by atoms with Crippen LogP contribution in [0.4, 0.5) is 4.79 Å². The second-order valence-corrected chi connectivity index (χ2v) is 5.83. The first-order valence-electron chi connectivity index (χ1n) is 6.49. The molecule has 2 aromatic rings. The molecule has 0 unspecified atom stereocenters. The summed E-state index contributed by atoms with van der Waals surface area (Å²) in [4.78, 5) is 15.1. The quantitative estimate of drug-likeness (QED) is 0.762. The maximum atomic E-state index is 11.8. The highest BCUT2D eigenvalue weighted by Gasteiger charge is 2.14. The van der Waals surface area contributed by atoms with Gasteiger partial charge in [-0.15, -0.1) is 0 Å². The van der Waals surface area contributed by atoms with Crippen LogP contribution in [0.5, 0.6) is 0 Å². The largest absolute Gasteiger partial charge is 0.358 e. The van der Waals surface area contributed by atoms with Crippen LogP contribution in [0.2, 0.25) is 0 Å². The third kappa shape index (κ3) is 3.28. The molecule has 19 heavy (non-hydrogen) atoms. The number of rotatable bonds is 2. The number of benzene rings is 1. The van der Waals surface area contributed by atoms with E-state index < -0.39 is 0 Å². The second kappa shape index (κ2) is 4.96. The highest BCUT2D eigenvalue weighted by molar-refractivity contribution is 5.85. The Hall–Kier alpha value is -1.97. The Bertz CT molecular complexity index is 593. The molecule has 1 heterocycles. The Labute approximate surface area is 113 Å². The number of aryl methyl sites for hydroxylation is 1. The average molecular weight is 259 g/mol. The van der Waals surface area contributed by atoms with Crippen molar-refractivity contribution in [1.29, 1.82) is 0 Å². The fourth-order valence-electron chi connectivity index (χ4n) is 2.12. The lowest BCUT2D eigenvalue weighted by Crippen LogP contribution is -2.46. The van der Waals surface area contributed by atoms with E-state index in [9.17, 15) is 4.79 Å². The van der Waals surface area contributed by atoms with Crippen molar-refractivity contribution >= 4 is 16.9 Å². The molecule has 3 N–H and O–H groups in total. The molecule has 4 nitrogen and oxygen atoms in total. The molecule has 1 aromatic carbocycles. The molecule has 4 heteroatoms. The van der Waals surface area contributed by atoms with Crippen LogP contribution in [0.15, 0.2) is 24.3 Å². The van der Waals surface area contributed by atoms with Crippen LogP contribution < -0.4 is 10.6 Å². The molecule has 0 fully saturated rings. The first-order chi connectivity index (χ1) is 8.87. The van der Waals surface area contributed by atoms with Gasteiger partial charge in [0.2, 0.25) is 0 Å². The van der Waals surface area contributed by atoms with Crippen molar-refractivity contribution in [2.75, 3.05) is 0 Å². The van der Waals surface area contributed by atoms with Gasteiger partial charge in [-0.25, -0.2) is 4.79 Å². The molecule has 0 aliphatic rings. The number of hydrogen-bond donors (Lipinski definition) is 3. The van der Waals surface area contributed by atoms with Crippen LogP contribution in [0, 0.1) is 6.92 Å². The zero-order valence-electron chi connectivity index (χ0n) is 11.9. The molecular weight excluding hydrogens is 238 g/mol. The Balaban J connectivity index is 2.10. The molecule has 102 valence electrons. The molecule has 2 amide bonds. The van der Waals surface area contributed by atoms with Gasteiger partial charge in [0, 0.05) is 28.7 Å². The van der Waals surface area contributed by atoms with E-state index >= 15 is 0 Å². The predicted octanol–water partition coefficient (Wildman–Crippen LogP) is 3.07. The molecule has 1 aromatic heterocycles. The number of aromatic nitrogens is 1. The average Bonchev–Trinajstić information content (AvgIpc) is 2.60. The zero-order chi connectivity index (χ0) is 14.0. The zero-order valence-corrected chi connectivity index (χ0v) is 11.9. The summed E-state index contributed by atoms with van der Waals surface area (Å²) in [5.41, 5.74) is 3.12. The summed E-state index contributed by atoms with van der Waals surface area (Å²) in [6, 6.07) is 7.98. The SMILES string of the molecule is Cc1[nH]c2ccccc2c1CNC(=O)NC(C)(C)C. The Morgan fingerprint density at radius 1 is 1.26 bits per heavy atom. The van der Waals surface area contributed by atoms with Crippen molar-refractivity contribution in [2.45, 2.75) is 39.8 Å². The summed E-state index contributed by atoms with van der Waals surface area (Å²) in [7, 11) is 0. The van der Waals surface area contributed by atoms with Gasteiger partial charge in [-0.1, -0.05) is 18.2 Å².